The van der Waals surface area contributed by atoms with Gasteiger partial charge >= 0.3 is 0 Å². The van der Waals surface area contributed by atoms with Crippen LogP contribution in [0.1, 0.15) is 21.5 Å². The van der Waals surface area contributed by atoms with Crippen molar-refractivity contribution < 1.29 is 9.53 Å². The van der Waals surface area contributed by atoms with Crippen LogP contribution in [0, 0.1) is 0 Å². The number of hydrogen-bond donors (Lipinski definition) is 1. The maximum Gasteiger partial charge on any atom is 0.255 e. The Morgan fingerprint density at radius 3 is 2.43 bits per heavy atom. The van der Waals surface area contributed by atoms with Crippen LogP contribution in [0.5, 0.6) is 5.75 Å². The molecule has 0 saturated carbocycles. The molecule has 0 fully saturated rings. The van der Waals surface area contributed by atoms with Crippen molar-refractivity contribution in [2.75, 3.05) is 7.11 Å². The minimum absolute atomic E-state index is 0.199. The third-order valence-corrected chi connectivity index (χ3v) is 5.74. The lowest BCUT2D eigenvalue weighted by atomic mass is 10.1. The molecule has 0 aliphatic carbocycles. The van der Waals surface area contributed by atoms with E-state index in [9.17, 15) is 4.79 Å². The third-order valence-electron chi connectivity index (χ3n) is 5.74. The van der Waals surface area contributed by atoms with Gasteiger partial charge in [-0.15, -0.1) is 0 Å². The monoisotopic (exact) mass is 463 g/mol. The molecule has 2 heterocycles. The average Bonchev–Trinajstić information content (AvgIpc) is 3.59. The quantitative estimate of drug-likeness (QED) is 0.361. The summed E-state index contributed by atoms with van der Waals surface area (Å²) in [7, 11) is 1.61. The van der Waals surface area contributed by atoms with Gasteiger partial charge in [-0.2, -0.15) is 5.10 Å². The fraction of sp³-hybridized carbons (Fsp3) is 0.107. The summed E-state index contributed by atoms with van der Waals surface area (Å²) in [6, 6.07) is 25.5. The van der Waals surface area contributed by atoms with Gasteiger partial charge in [-0.05, 0) is 35.4 Å². The molecule has 5 aromatic rings. The molecule has 7 heteroatoms. The van der Waals surface area contributed by atoms with E-state index in [1.54, 1.807) is 30.5 Å². The molecule has 5 rings (SSSR count). The van der Waals surface area contributed by atoms with Crippen LogP contribution in [-0.2, 0) is 13.1 Å². The van der Waals surface area contributed by atoms with Gasteiger partial charge in [0.05, 0.1) is 24.7 Å². The van der Waals surface area contributed by atoms with Gasteiger partial charge in [0.1, 0.15) is 11.4 Å². The number of aromatic nitrogens is 4. The first-order valence-corrected chi connectivity index (χ1v) is 11.3. The van der Waals surface area contributed by atoms with Crippen molar-refractivity contribution in [2.24, 2.45) is 0 Å². The zero-order chi connectivity index (χ0) is 24.0. The summed E-state index contributed by atoms with van der Waals surface area (Å²) < 4.78 is 9.28. The first-order chi connectivity index (χ1) is 17.2. The molecule has 35 heavy (non-hydrogen) atoms. The van der Waals surface area contributed by atoms with Crippen molar-refractivity contribution >= 4 is 5.91 Å². The molecule has 0 spiro atoms. The summed E-state index contributed by atoms with van der Waals surface area (Å²) in [5.74, 6) is 0.462. The van der Waals surface area contributed by atoms with Crippen LogP contribution in [0.4, 0.5) is 0 Å². The van der Waals surface area contributed by atoms with E-state index >= 15 is 0 Å². The second-order valence-corrected chi connectivity index (χ2v) is 8.11. The molecule has 0 radical (unpaired) electrons. The number of para-hydroxylation sites is 2. The summed E-state index contributed by atoms with van der Waals surface area (Å²) in [5.41, 5.74) is 4.87. The Labute approximate surface area is 203 Å². The summed E-state index contributed by atoms with van der Waals surface area (Å²) in [6.45, 7) is 1.17. The van der Waals surface area contributed by atoms with E-state index in [2.05, 4.69) is 22.4 Å². The van der Waals surface area contributed by atoms with E-state index in [1.165, 1.54) is 5.56 Å². The van der Waals surface area contributed by atoms with Gasteiger partial charge in [-0.3, -0.25) is 4.79 Å². The SMILES string of the molecule is COc1ccccc1-c1nn(-c2ccccc2)cc1C(=O)NCc1ccc(Cn2ccnc2)cc1. The maximum atomic E-state index is 13.3. The van der Waals surface area contributed by atoms with Crippen LogP contribution in [0.25, 0.3) is 16.9 Å². The van der Waals surface area contributed by atoms with E-state index in [4.69, 9.17) is 9.84 Å². The molecular formula is C28H25N5O2. The molecule has 0 aliphatic heterocycles. The summed E-state index contributed by atoms with van der Waals surface area (Å²) >= 11 is 0. The standard InChI is InChI=1S/C28H25N5O2/c1-35-26-10-6-5-9-24(26)27-25(19-33(31-27)23-7-3-2-4-8-23)28(34)30-17-21-11-13-22(14-12-21)18-32-16-15-29-20-32/h2-16,19-20H,17-18H2,1H3,(H,30,34). The highest BCUT2D eigenvalue weighted by molar-refractivity contribution is 6.00. The maximum absolute atomic E-state index is 13.3. The third kappa shape index (κ3) is 4.99. The number of carbonyl (C=O) groups excluding carboxylic acids is 1. The van der Waals surface area contributed by atoms with Gasteiger partial charge in [0, 0.05) is 37.2 Å². The van der Waals surface area contributed by atoms with Gasteiger partial charge in [0.25, 0.3) is 5.91 Å². The van der Waals surface area contributed by atoms with Crippen molar-refractivity contribution in [3.05, 3.63) is 120 Å². The molecule has 7 nitrogen and oxygen atoms in total. The molecule has 1 amide bonds. The predicted molar refractivity (Wildman–Crippen MR) is 134 cm³/mol. The average molecular weight is 464 g/mol. The minimum atomic E-state index is -0.199. The summed E-state index contributed by atoms with van der Waals surface area (Å²) in [4.78, 5) is 17.4. The molecular weight excluding hydrogens is 438 g/mol. The molecule has 0 saturated heterocycles. The number of ether oxygens (including phenoxy) is 1. The van der Waals surface area contributed by atoms with E-state index in [1.807, 2.05) is 77.5 Å². The Bertz CT molecular complexity index is 1410. The lowest BCUT2D eigenvalue weighted by molar-refractivity contribution is 0.0951. The summed E-state index contributed by atoms with van der Waals surface area (Å²) in [5, 5.41) is 7.80. The van der Waals surface area contributed by atoms with Crippen LogP contribution in [0.3, 0.4) is 0 Å². The van der Waals surface area contributed by atoms with Crippen molar-refractivity contribution in [3.8, 4) is 22.7 Å². The highest BCUT2D eigenvalue weighted by Crippen LogP contribution is 2.31. The predicted octanol–water partition coefficient (Wildman–Crippen LogP) is 4.72. The van der Waals surface area contributed by atoms with Crippen molar-refractivity contribution in [3.63, 3.8) is 0 Å². The zero-order valence-electron chi connectivity index (χ0n) is 19.3. The van der Waals surface area contributed by atoms with Gasteiger partial charge < -0.3 is 14.6 Å². The Hall–Kier alpha value is -4.65. The number of amides is 1. The van der Waals surface area contributed by atoms with Crippen molar-refractivity contribution in [1.82, 2.24) is 24.6 Å². The molecule has 1 N–H and O–H groups in total. The molecule has 0 unspecified atom stereocenters. The molecule has 0 atom stereocenters. The van der Waals surface area contributed by atoms with E-state index < -0.39 is 0 Å². The number of imidazole rings is 1. The van der Waals surface area contributed by atoms with Crippen LogP contribution >= 0.6 is 0 Å². The van der Waals surface area contributed by atoms with Gasteiger partial charge in [0.2, 0.25) is 0 Å². The number of nitrogens with one attached hydrogen (secondary N) is 1. The number of carbonyl (C=O) groups is 1. The second kappa shape index (κ2) is 10.1. The molecule has 2 aromatic heterocycles. The van der Waals surface area contributed by atoms with Crippen LogP contribution in [0.2, 0.25) is 0 Å². The van der Waals surface area contributed by atoms with Gasteiger partial charge in [-0.1, -0.05) is 54.6 Å². The number of nitrogens with zero attached hydrogens (tertiary/aromatic N) is 4. The van der Waals surface area contributed by atoms with E-state index in [-0.39, 0.29) is 5.91 Å². The van der Waals surface area contributed by atoms with Gasteiger partial charge in [-0.25, -0.2) is 9.67 Å². The van der Waals surface area contributed by atoms with Gasteiger partial charge in [0.15, 0.2) is 0 Å². The zero-order valence-corrected chi connectivity index (χ0v) is 19.3. The highest BCUT2D eigenvalue weighted by Gasteiger charge is 2.21. The second-order valence-electron chi connectivity index (χ2n) is 8.11. The normalized spacial score (nSPS) is 10.8. The van der Waals surface area contributed by atoms with Crippen LogP contribution in [-0.4, -0.2) is 32.3 Å². The number of hydrogen-bond acceptors (Lipinski definition) is 4. The number of methoxy groups -OCH3 is 1. The topological polar surface area (TPSA) is 74.0 Å². The molecule has 0 bridgehead atoms. The number of benzene rings is 3. The minimum Gasteiger partial charge on any atom is -0.496 e. The number of rotatable bonds is 8. The van der Waals surface area contributed by atoms with Crippen LogP contribution < -0.4 is 10.1 Å². The van der Waals surface area contributed by atoms with Crippen molar-refractivity contribution in [1.29, 1.82) is 0 Å². The molecule has 3 aromatic carbocycles. The fourth-order valence-electron chi connectivity index (χ4n) is 3.92. The van der Waals surface area contributed by atoms with Crippen molar-refractivity contribution in [2.45, 2.75) is 13.1 Å². The highest BCUT2D eigenvalue weighted by atomic mass is 16.5. The first kappa shape index (κ1) is 22.2. The first-order valence-electron chi connectivity index (χ1n) is 11.3. The Balaban J connectivity index is 1.38. The molecule has 174 valence electrons. The Morgan fingerprint density at radius 1 is 0.943 bits per heavy atom. The van der Waals surface area contributed by atoms with E-state index in [0.717, 1.165) is 23.4 Å². The smallest absolute Gasteiger partial charge is 0.255 e. The Kier molecular flexibility index (Phi) is 6.39. The fourth-order valence-corrected chi connectivity index (χ4v) is 3.92. The molecule has 0 aliphatic rings. The largest absolute Gasteiger partial charge is 0.496 e. The van der Waals surface area contributed by atoms with Crippen LogP contribution in [0.15, 0.2) is 104 Å². The lowest BCUT2D eigenvalue weighted by Gasteiger charge is -2.09. The summed E-state index contributed by atoms with van der Waals surface area (Å²) in [6.07, 6.45) is 7.26. The Morgan fingerprint density at radius 2 is 1.69 bits per heavy atom. The van der Waals surface area contributed by atoms with E-state index in [0.29, 0.717) is 23.6 Å². The lowest BCUT2D eigenvalue weighted by Crippen LogP contribution is -2.23.